The van der Waals surface area contributed by atoms with Crippen molar-refractivity contribution < 1.29 is 14.0 Å². The SMILES string of the molecule is CC(C)=C(C)C(=O)N1C[C@@H]2CN(C(=O)c3cc(-c4ccoc4)n[nH]3)C[C@]2(C)C1. The fourth-order valence-corrected chi connectivity index (χ4v) is 4.26. The summed E-state index contributed by atoms with van der Waals surface area (Å²) < 4.78 is 5.08. The molecule has 2 atom stereocenters. The number of carbonyl (C=O) groups excluding carboxylic acids is 2. The number of fused-ring (bicyclic) bond motifs is 1. The molecule has 2 aliphatic heterocycles. The number of carbonyl (C=O) groups is 2. The lowest BCUT2D eigenvalue weighted by atomic mass is 9.83. The second-order valence-electron chi connectivity index (χ2n) is 8.53. The smallest absolute Gasteiger partial charge is 0.271 e. The topological polar surface area (TPSA) is 82.4 Å². The maximum absolute atomic E-state index is 13.0. The molecule has 1 N–H and O–H groups in total. The van der Waals surface area contributed by atoms with Crippen molar-refractivity contribution in [1.82, 2.24) is 20.0 Å². The molecule has 2 aliphatic rings. The van der Waals surface area contributed by atoms with E-state index in [1.54, 1.807) is 18.6 Å². The Kier molecular flexibility index (Phi) is 4.40. The molecule has 0 bridgehead atoms. The molecule has 0 spiro atoms. The van der Waals surface area contributed by atoms with E-state index in [4.69, 9.17) is 4.42 Å². The van der Waals surface area contributed by atoms with Crippen LogP contribution in [0.2, 0.25) is 0 Å². The molecule has 28 heavy (non-hydrogen) atoms. The summed E-state index contributed by atoms with van der Waals surface area (Å²) in [5.41, 5.74) is 3.81. The van der Waals surface area contributed by atoms with Crippen LogP contribution >= 0.6 is 0 Å². The lowest BCUT2D eigenvalue weighted by Gasteiger charge is -2.25. The highest BCUT2D eigenvalue weighted by molar-refractivity contribution is 5.95. The summed E-state index contributed by atoms with van der Waals surface area (Å²) in [6.07, 6.45) is 3.18. The fourth-order valence-electron chi connectivity index (χ4n) is 4.26. The van der Waals surface area contributed by atoms with E-state index in [-0.39, 0.29) is 17.2 Å². The Morgan fingerprint density at radius 3 is 2.57 bits per heavy atom. The second kappa shape index (κ2) is 6.65. The predicted octanol–water partition coefficient (Wildman–Crippen LogP) is 2.95. The van der Waals surface area contributed by atoms with Gasteiger partial charge in [0.1, 0.15) is 5.69 Å². The van der Waals surface area contributed by atoms with Crippen molar-refractivity contribution in [3.8, 4) is 11.3 Å². The number of hydrogen-bond acceptors (Lipinski definition) is 4. The monoisotopic (exact) mass is 382 g/mol. The standard InChI is InChI=1S/C21H26N4O3/c1-13(2)14(3)19(26)24-8-16-9-25(12-21(16,4)11-24)20(27)18-7-17(22-23-18)15-5-6-28-10-15/h5-7,10,16H,8-9,11-12H2,1-4H3,(H,22,23)/t16-,21+/m1/s1. The Morgan fingerprint density at radius 1 is 1.21 bits per heavy atom. The Hall–Kier alpha value is -2.83. The van der Waals surface area contributed by atoms with Gasteiger partial charge in [-0.1, -0.05) is 12.5 Å². The van der Waals surface area contributed by atoms with Gasteiger partial charge in [0.15, 0.2) is 0 Å². The molecule has 0 unspecified atom stereocenters. The van der Waals surface area contributed by atoms with Gasteiger partial charge >= 0.3 is 0 Å². The molecule has 4 rings (SSSR count). The summed E-state index contributed by atoms with van der Waals surface area (Å²) in [5.74, 6) is 0.365. The predicted molar refractivity (Wildman–Crippen MR) is 104 cm³/mol. The van der Waals surface area contributed by atoms with Gasteiger partial charge < -0.3 is 14.2 Å². The first-order valence-electron chi connectivity index (χ1n) is 9.59. The van der Waals surface area contributed by atoms with Crippen molar-refractivity contribution in [3.63, 3.8) is 0 Å². The first kappa shape index (κ1) is 18.5. The van der Waals surface area contributed by atoms with Crippen LogP contribution in [-0.2, 0) is 4.79 Å². The minimum atomic E-state index is -0.0688. The number of rotatable bonds is 3. The molecule has 4 heterocycles. The minimum Gasteiger partial charge on any atom is -0.472 e. The van der Waals surface area contributed by atoms with E-state index in [1.165, 1.54) is 0 Å². The molecular weight excluding hydrogens is 356 g/mol. The van der Waals surface area contributed by atoms with Crippen LogP contribution in [0.25, 0.3) is 11.3 Å². The van der Waals surface area contributed by atoms with Crippen molar-refractivity contribution >= 4 is 11.8 Å². The molecule has 7 nitrogen and oxygen atoms in total. The van der Waals surface area contributed by atoms with E-state index in [2.05, 4.69) is 17.1 Å². The van der Waals surface area contributed by atoms with Gasteiger partial charge in [0, 0.05) is 48.6 Å². The van der Waals surface area contributed by atoms with E-state index >= 15 is 0 Å². The Labute approximate surface area is 164 Å². The van der Waals surface area contributed by atoms with E-state index in [1.807, 2.05) is 36.6 Å². The molecule has 2 aromatic rings. The molecule has 0 aliphatic carbocycles. The van der Waals surface area contributed by atoms with Crippen LogP contribution in [0, 0.1) is 11.3 Å². The normalized spacial score (nSPS) is 23.8. The number of likely N-dealkylation sites (tertiary alicyclic amines) is 2. The van der Waals surface area contributed by atoms with Crippen LogP contribution in [0.1, 0.15) is 38.2 Å². The molecule has 0 aromatic carbocycles. The highest BCUT2D eigenvalue weighted by atomic mass is 16.3. The van der Waals surface area contributed by atoms with Crippen LogP contribution in [0.4, 0.5) is 0 Å². The number of aromatic amines is 1. The third kappa shape index (κ3) is 3.04. The van der Waals surface area contributed by atoms with Gasteiger partial charge in [0.25, 0.3) is 5.91 Å². The van der Waals surface area contributed by atoms with Crippen molar-refractivity contribution in [2.75, 3.05) is 26.2 Å². The number of aromatic nitrogens is 2. The van der Waals surface area contributed by atoms with Crippen molar-refractivity contribution in [2.45, 2.75) is 27.7 Å². The third-order valence-electron chi connectivity index (χ3n) is 6.24. The Balaban J connectivity index is 1.45. The number of furan rings is 1. The molecule has 2 fully saturated rings. The average Bonchev–Trinajstić information content (AvgIpc) is 3.41. The highest BCUT2D eigenvalue weighted by Crippen LogP contribution is 2.43. The number of amides is 2. The molecule has 0 saturated carbocycles. The van der Waals surface area contributed by atoms with Gasteiger partial charge in [-0.15, -0.1) is 0 Å². The molecule has 0 radical (unpaired) electrons. The minimum absolute atomic E-state index is 0.0452. The largest absolute Gasteiger partial charge is 0.472 e. The van der Waals surface area contributed by atoms with Gasteiger partial charge in [-0.3, -0.25) is 14.7 Å². The van der Waals surface area contributed by atoms with Crippen LogP contribution in [-0.4, -0.2) is 58.0 Å². The summed E-state index contributed by atoms with van der Waals surface area (Å²) in [4.78, 5) is 29.5. The van der Waals surface area contributed by atoms with E-state index in [0.29, 0.717) is 43.5 Å². The lowest BCUT2D eigenvalue weighted by molar-refractivity contribution is -0.126. The van der Waals surface area contributed by atoms with Gasteiger partial charge in [-0.2, -0.15) is 5.10 Å². The number of allylic oxidation sites excluding steroid dienone is 1. The van der Waals surface area contributed by atoms with Crippen LogP contribution < -0.4 is 0 Å². The zero-order valence-corrected chi connectivity index (χ0v) is 16.8. The van der Waals surface area contributed by atoms with Crippen LogP contribution in [0.15, 0.2) is 40.2 Å². The molecular formula is C21H26N4O3. The number of hydrogen-bond donors (Lipinski definition) is 1. The van der Waals surface area contributed by atoms with E-state index in [9.17, 15) is 9.59 Å². The maximum atomic E-state index is 13.0. The maximum Gasteiger partial charge on any atom is 0.271 e. The number of H-pyrrole nitrogens is 1. The Bertz CT molecular complexity index is 939. The molecule has 2 aromatic heterocycles. The van der Waals surface area contributed by atoms with Crippen molar-refractivity contribution in [1.29, 1.82) is 0 Å². The summed E-state index contributed by atoms with van der Waals surface area (Å²) >= 11 is 0. The first-order valence-corrected chi connectivity index (χ1v) is 9.59. The molecule has 2 saturated heterocycles. The van der Waals surface area contributed by atoms with Gasteiger partial charge in [-0.05, 0) is 32.9 Å². The first-order chi connectivity index (χ1) is 13.3. The molecule has 2 amide bonds. The van der Waals surface area contributed by atoms with E-state index in [0.717, 1.165) is 16.7 Å². The summed E-state index contributed by atoms with van der Waals surface area (Å²) in [6, 6.07) is 3.57. The average molecular weight is 382 g/mol. The van der Waals surface area contributed by atoms with Crippen molar-refractivity contribution in [3.05, 3.63) is 41.5 Å². The second-order valence-corrected chi connectivity index (χ2v) is 8.53. The fraction of sp³-hybridized carbons (Fsp3) is 0.476. The summed E-state index contributed by atoms with van der Waals surface area (Å²) in [7, 11) is 0. The van der Waals surface area contributed by atoms with Crippen molar-refractivity contribution in [2.24, 2.45) is 11.3 Å². The van der Waals surface area contributed by atoms with Gasteiger partial charge in [-0.25, -0.2) is 0 Å². The highest BCUT2D eigenvalue weighted by Gasteiger charge is 2.51. The summed E-state index contributed by atoms with van der Waals surface area (Å²) in [5, 5.41) is 7.07. The van der Waals surface area contributed by atoms with Gasteiger partial charge in [0.2, 0.25) is 5.91 Å². The molecule has 148 valence electrons. The zero-order valence-electron chi connectivity index (χ0n) is 16.8. The third-order valence-corrected chi connectivity index (χ3v) is 6.24. The zero-order chi connectivity index (χ0) is 20.1. The Morgan fingerprint density at radius 2 is 1.93 bits per heavy atom. The lowest BCUT2D eigenvalue weighted by Crippen LogP contribution is -2.38. The molecule has 7 heteroatoms. The van der Waals surface area contributed by atoms with Gasteiger partial charge in [0.05, 0.1) is 18.2 Å². The summed E-state index contributed by atoms with van der Waals surface area (Å²) in [6.45, 7) is 10.7. The van der Waals surface area contributed by atoms with E-state index < -0.39 is 0 Å². The van der Waals surface area contributed by atoms with Crippen LogP contribution in [0.3, 0.4) is 0 Å². The number of nitrogens with one attached hydrogen (secondary N) is 1. The quantitative estimate of drug-likeness (QED) is 0.828. The number of nitrogens with zero attached hydrogens (tertiary/aromatic N) is 3. The van der Waals surface area contributed by atoms with Crippen LogP contribution in [0.5, 0.6) is 0 Å².